The third kappa shape index (κ3) is 4.90. The number of hydrogen-bond acceptors (Lipinski definition) is 5. The van der Waals surface area contributed by atoms with Gasteiger partial charge in [0.15, 0.2) is 11.0 Å². The largest absolute Gasteiger partial charge is 0.325 e. The monoisotopic (exact) mass is 497 g/mol. The number of fused-ring (bicyclic) bond motifs is 1. The summed E-state index contributed by atoms with van der Waals surface area (Å²) in [5.74, 6) is 0.828. The minimum Gasteiger partial charge on any atom is -0.325 e. The summed E-state index contributed by atoms with van der Waals surface area (Å²) in [5, 5.41) is 12.3. The van der Waals surface area contributed by atoms with Crippen molar-refractivity contribution in [1.82, 2.24) is 14.8 Å². The zero-order valence-electron chi connectivity index (χ0n) is 20.3. The molecular formula is C28H27N5O2S. The van der Waals surface area contributed by atoms with Gasteiger partial charge in [-0.1, -0.05) is 53.7 Å². The summed E-state index contributed by atoms with van der Waals surface area (Å²) in [4.78, 5) is 27.4. The molecule has 0 radical (unpaired) electrons. The molecule has 2 heterocycles. The maximum atomic E-state index is 13.0. The number of aromatic nitrogens is 3. The molecule has 2 amide bonds. The number of anilines is 2. The molecule has 8 heteroatoms. The molecule has 1 aliphatic rings. The lowest BCUT2D eigenvalue weighted by atomic mass is 10.1. The van der Waals surface area contributed by atoms with Crippen LogP contribution in [0.3, 0.4) is 0 Å². The zero-order valence-corrected chi connectivity index (χ0v) is 21.1. The minimum atomic E-state index is -0.143. The van der Waals surface area contributed by atoms with Crippen LogP contribution in [0.15, 0.2) is 78.0 Å². The van der Waals surface area contributed by atoms with E-state index in [9.17, 15) is 9.59 Å². The number of thioether (sulfide) groups is 1. The van der Waals surface area contributed by atoms with Crippen LogP contribution < -0.4 is 10.2 Å². The van der Waals surface area contributed by atoms with Gasteiger partial charge in [0.2, 0.25) is 5.91 Å². The van der Waals surface area contributed by atoms with Crippen molar-refractivity contribution in [2.24, 2.45) is 0 Å². The molecule has 0 spiro atoms. The van der Waals surface area contributed by atoms with Crippen molar-refractivity contribution < 1.29 is 9.59 Å². The Morgan fingerprint density at radius 1 is 1.00 bits per heavy atom. The van der Waals surface area contributed by atoms with Gasteiger partial charge in [-0.15, -0.1) is 10.2 Å². The van der Waals surface area contributed by atoms with Crippen molar-refractivity contribution in [3.05, 3.63) is 89.5 Å². The Kier molecular flexibility index (Phi) is 6.86. The van der Waals surface area contributed by atoms with Gasteiger partial charge < -0.3 is 14.8 Å². The van der Waals surface area contributed by atoms with E-state index in [1.165, 1.54) is 17.3 Å². The molecule has 0 atom stereocenters. The van der Waals surface area contributed by atoms with Gasteiger partial charge in [-0.25, -0.2) is 0 Å². The summed E-state index contributed by atoms with van der Waals surface area (Å²) in [5.41, 5.74) is 5.58. The molecule has 1 aliphatic heterocycles. The number of carbonyl (C=O) groups is 2. The van der Waals surface area contributed by atoms with Crippen molar-refractivity contribution in [1.29, 1.82) is 0 Å². The summed E-state index contributed by atoms with van der Waals surface area (Å²) in [6, 6.07) is 23.2. The Morgan fingerprint density at radius 3 is 2.58 bits per heavy atom. The summed E-state index contributed by atoms with van der Waals surface area (Å²) in [6.07, 6.45) is 0.867. The van der Waals surface area contributed by atoms with E-state index in [-0.39, 0.29) is 17.6 Å². The number of amides is 2. The van der Waals surface area contributed by atoms with E-state index >= 15 is 0 Å². The second-order valence-corrected chi connectivity index (χ2v) is 9.61. The van der Waals surface area contributed by atoms with Gasteiger partial charge in [-0.05, 0) is 62.2 Å². The molecule has 1 aromatic heterocycles. The molecular weight excluding hydrogens is 470 g/mol. The third-order valence-corrected chi connectivity index (χ3v) is 7.16. The highest BCUT2D eigenvalue weighted by atomic mass is 32.2. The summed E-state index contributed by atoms with van der Waals surface area (Å²) < 4.78 is 2.02. The Labute approximate surface area is 214 Å². The van der Waals surface area contributed by atoms with Crippen LogP contribution in [0.2, 0.25) is 0 Å². The molecule has 182 valence electrons. The van der Waals surface area contributed by atoms with Gasteiger partial charge in [0.25, 0.3) is 5.91 Å². The van der Waals surface area contributed by atoms with E-state index in [0.717, 1.165) is 29.1 Å². The Hall–Kier alpha value is -3.91. The van der Waals surface area contributed by atoms with E-state index in [1.54, 1.807) is 24.3 Å². The molecule has 1 N–H and O–H groups in total. The molecule has 5 rings (SSSR count). The standard InChI is InChI=1S/C28H27N5O2S/c1-3-32-26(22-9-6-7-19(2)17-22)30-31-28(32)36-18-25(34)29-23-13-11-21(12-14-23)27(35)33-16-15-20-8-4-5-10-24(20)33/h4-14,17H,3,15-16,18H2,1-2H3,(H,29,34). The molecule has 7 nitrogen and oxygen atoms in total. The van der Waals surface area contributed by atoms with Crippen LogP contribution in [0.1, 0.15) is 28.4 Å². The van der Waals surface area contributed by atoms with E-state index < -0.39 is 0 Å². The zero-order chi connectivity index (χ0) is 25.1. The SMILES string of the molecule is CCn1c(SCC(=O)Nc2ccc(C(=O)N3CCc4ccccc43)cc2)nnc1-c1cccc(C)c1. The van der Waals surface area contributed by atoms with Crippen LogP contribution in [0.25, 0.3) is 11.4 Å². The predicted molar refractivity (Wildman–Crippen MR) is 143 cm³/mol. The highest BCUT2D eigenvalue weighted by molar-refractivity contribution is 7.99. The van der Waals surface area contributed by atoms with Gasteiger partial charge in [-0.3, -0.25) is 9.59 Å². The summed E-state index contributed by atoms with van der Waals surface area (Å²) >= 11 is 1.35. The molecule has 36 heavy (non-hydrogen) atoms. The number of aryl methyl sites for hydroxylation is 1. The number of hydrogen-bond donors (Lipinski definition) is 1. The number of benzene rings is 3. The van der Waals surface area contributed by atoms with Crippen molar-refractivity contribution in [3.63, 3.8) is 0 Å². The third-order valence-electron chi connectivity index (χ3n) is 6.19. The predicted octanol–water partition coefficient (Wildman–Crippen LogP) is 5.21. The Bertz CT molecular complexity index is 1410. The smallest absolute Gasteiger partial charge is 0.258 e. The van der Waals surface area contributed by atoms with Crippen molar-refractivity contribution in [3.8, 4) is 11.4 Å². The normalized spacial score (nSPS) is 12.4. The van der Waals surface area contributed by atoms with Gasteiger partial charge in [0.05, 0.1) is 5.75 Å². The molecule has 0 fully saturated rings. The minimum absolute atomic E-state index is 0.0308. The fraction of sp³-hybridized carbons (Fsp3) is 0.214. The molecule has 0 bridgehead atoms. The summed E-state index contributed by atoms with van der Waals surface area (Å²) in [7, 11) is 0. The van der Waals surface area contributed by atoms with Crippen LogP contribution in [0.5, 0.6) is 0 Å². The van der Waals surface area contributed by atoms with Crippen LogP contribution in [0.4, 0.5) is 11.4 Å². The first-order valence-electron chi connectivity index (χ1n) is 12.0. The number of rotatable bonds is 7. The van der Waals surface area contributed by atoms with E-state index in [4.69, 9.17) is 0 Å². The van der Waals surface area contributed by atoms with E-state index in [2.05, 4.69) is 27.6 Å². The summed E-state index contributed by atoms with van der Waals surface area (Å²) in [6.45, 7) is 5.47. The lowest BCUT2D eigenvalue weighted by molar-refractivity contribution is -0.113. The molecule has 0 unspecified atom stereocenters. The van der Waals surface area contributed by atoms with Gasteiger partial charge in [0, 0.05) is 35.6 Å². The van der Waals surface area contributed by atoms with Crippen molar-refractivity contribution in [2.45, 2.75) is 32.0 Å². The lowest BCUT2D eigenvalue weighted by Crippen LogP contribution is -2.28. The van der Waals surface area contributed by atoms with Gasteiger partial charge in [0.1, 0.15) is 0 Å². The topological polar surface area (TPSA) is 80.1 Å². The van der Waals surface area contributed by atoms with Crippen LogP contribution in [-0.2, 0) is 17.8 Å². The highest BCUT2D eigenvalue weighted by Crippen LogP contribution is 2.29. The first kappa shape index (κ1) is 23.8. The quantitative estimate of drug-likeness (QED) is 0.355. The van der Waals surface area contributed by atoms with Crippen LogP contribution in [0, 0.1) is 6.92 Å². The van der Waals surface area contributed by atoms with Gasteiger partial charge in [-0.2, -0.15) is 0 Å². The van der Waals surface area contributed by atoms with Crippen molar-refractivity contribution >= 4 is 35.0 Å². The maximum absolute atomic E-state index is 13.0. The fourth-order valence-corrected chi connectivity index (χ4v) is 5.21. The number of nitrogens with zero attached hydrogens (tertiary/aromatic N) is 4. The average molecular weight is 498 g/mol. The van der Waals surface area contributed by atoms with E-state index in [1.807, 2.05) is 59.7 Å². The Balaban J connectivity index is 1.20. The van der Waals surface area contributed by atoms with E-state index in [0.29, 0.717) is 29.5 Å². The van der Waals surface area contributed by atoms with Crippen LogP contribution >= 0.6 is 11.8 Å². The molecule has 0 aliphatic carbocycles. The lowest BCUT2D eigenvalue weighted by Gasteiger charge is -2.17. The average Bonchev–Trinajstić information content (AvgIpc) is 3.51. The first-order chi connectivity index (χ1) is 17.5. The number of nitrogens with one attached hydrogen (secondary N) is 1. The molecule has 3 aromatic carbocycles. The van der Waals surface area contributed by atoms with Gasteiger partial charge >= 0.3 is 0 Å². The molecule has 0 saturated carbocycles. The second-order valence-electron chi connectivity index (χ2n) is 8.67. The fourth-order valence-electron chi connectivity index (χ4n) is 4.41. The van der Waals surface area contributed by atoms with Crippen LogP contribution in [-0.4, -0.2) is 38.9 Å². The highest BCUT2D eigenvalue weighted by Gasteiger charge is 2.25. The van der Waals surface area contributed by atoms with Crippen molar-refractivity contribution in [2.75, 3.05) is 22.5 Å². The number of carbonyl (C=O) groups excluding carboxylic acids is 2. The molecule has 0 saturated heterocycles. The second kappa shape index (κ2) is 10.4. The number of para-hydroxylation sites is 1. The first-order valence-corrected chi connectivity index (χ1v) is 12.9. The Morgan fingerprint density at radius 2 is 1.81 bits per heavy atom. The molecule has 4 aromatic rings. The maximum Gasteiger partial charge on any atom is 0.258 e.